The number of rotatable bonds is 8. The molecule has 0 bridgehead atoms. The van der Waals surface area contributed by atoms with E-state index < -0.39 is 22.0 Å². The van der Waals surface area contributed by atoms with E-state index in [0.717, 1.165) is 39.1 Å². The van der Waals surface area contributed by atoms with Crippen LogP contribution in [0.15, 0.2) is 47.1 Å². The minimum atomic E-state index is -4.08. The van der Waals surface area contributed by atoms with E-state index >= 15 is 0 Å². The largest absolute Gasteiger partial charge is 0.493 e. The van der Waals surface area contributed by atoms with Gasteiger partial charge < -0.3 is 10.1 Å². The molecule has 2 aromatic heterocycles. The number of ether oxygens (including phenoxy) is 1. The van der Waals surface area contributed by atoms with E-state index in [4.69, 9.17) is 27.9 Å². The highest BCUT2D eigenvalue weighted by molar-refractivity contribution is 7.91. The zero-order valence-electron chi connectivity index (χ0n) is 21.5. The van der Waals surface area contributed by atoms with Crippen LogP contribution in [-0.4, -0.2) is 64.3 Å². The van der Waals surface area contributed by atoms with Gasteiger partial charge in [0, 0.05) is 49.6 Å². The quantitative estimate of drug-likeness (QED) is 0.409. The number of nitrogens with zero attached hydrogens (tertiary/aromatic N) is 5. The van der Waals surface area contributed by atoms with Crippen LogP contribution in [0.2, 0.25) is 9.36 Å². The summed E-state index contributed by atoms with van der Waals surface area (Å²) in [4.78, 5) is 15.0. The summed E-state index contributed by atoms with van der Waals surface area (Å²) in [7, 11) is -1.99. The number of aromatic nitrogens is 3. The molecule has 0 aliphatic carbocycles. The van der Waals surface area contributed by atoms with Crippen LogP contribution in [-0.2, 0) is 27.8 Å². The lowest BCUT2D eigenvalue weighted by Crippen LogP contribution is -2.50. The van der Waals surface area contributed by atoms with Crippen molar-refractivity contribution in [2.24, 2.45) is 0 Å². The fourth-order valence-electron chi connectivity index (χ4n) is 4.51. The Morgan fingerprint density at radius 1 is 1.28 bits per heavy atom. The average molecular weight is 612 g/mol. The van der Waals surface area contributed by atoms with Crippen LogP contribution in [0.3, 0.4) is 0 Å². The minimum Gasteiger partial charge on any atom is -0.493 e. The number of fused-ring (bicyclic) bond motifs is 1. The number of sulfonamides is 1. The van der Waals surface area contributed by atoms with Crippen LogP contribution < -0.4 is 10.1 Å². The minimum absolute atomic E-state index is 0.0266. The molecule has 14 heteroatoms. The van der Waals surface area contributed by atoms with Crippen molar-refractivity contribution in [1.82, 2.24) is 29.5 Å². The second-order valence-corrected chi connectivity index (χ2v) is 13.9. The first-order chi connectivity index (χ1) is 18.5. The Bertz CT molecular complexity index is 1500. The Kier molecular flexibility index (Phi) is 7.93. The molecule has 2 unspecified atom stereocenters. The van der Waals surface area contributed by atoms with Crippen LogP contribution >= 0.6 is 34.5 Å². The van der Waals surface area contributed by atoms with E-state index in [2.05, 4.69) is 59.6 Å². The van der Waals surface area contributed by atoms with Crippen LogP contribution in [0.5, 0.6) is 5.75 Å². The number of hydrogen-bond acceptors (Lipinski definition) is 8. The normalized spacial score (nSPS) is 19.4. The number of amides is 1. The Morgan fingerprint density at radius 3 is 2.79 bits per heavy atom. The van der Waals surface area contributed by atoms with Gasteiger partial charge in [-0.1, -0.05) is 40.5 Å². The number of halogens is 2. The number of carbonyl (C=O) groups is 1. The summed E-state index contributed by atoms with van der Waals surface area (Å²) >= 11 is 12.8. The molecule has 2 aliphatic rings. The molecule has 1 aromatic carbocycles. The molecule has 1 amide bonds. The molecule has 3 aromatic rings. The molecule has 208 valence electrons. The summed E-state index contributed by atoms with van der Waals surface area (Å²) in [5.74, 6) is 0.347. The predicted octanol–water partition coefficient (Wildman–Crippen LogP) is 4.06. The second kappa shape index (κ2) is 11.1. The van der Waals surface area contributed by atoms with Gasteiger partial charge in [0.05, 0.1) is 23.4 Å². The van der Waals surface area contributed by atoms with Crippen molar-refractivity contribution in [3.63, 3.8) is 0 Å². The SMILES string of the molecule is CC(C)N(C)Cc1ccc2c(c1)OCCC2n1cc(CC2C(=O)NC=CN2S(=O)(=O)c2cc(Cl)c(Cl)s2)nn1. The van der Waals surface area contributed by atoms with Crippen molar-refractivity contribution in [3.05, 3.63) is 69.0 Å². The van der Waals surface area contributed by atoms with E-state index in [-0.39, 0.29) is 26.0 Å². The first-order valence-electron chi connectivity index (χ1n) is 12.4. The molecule has 39 heavy (non-hydrogen) atoms. The predicted molar refractivity (Wildman–Crippen MR) is 149 cm³/mol. The molecular weight excluding hydrogens is 583 g/mol. The van der Waals surface area contributed by atoms with Crippen LogP contribution in [0.4, 0.5) is 0 Å². The van der Waals surface area contributed by atoms with Gasteiger partial charge in [0.1, 0.15) is 20.3 Å². The van der Waals surface area contributed by atoms with Crippen molar-refractivity contribution in [3.8, 4) is 5.75 Å². The third-order valence-electron chi connectivity index (χ3n) is 6.89. The number of thiophene rings is 1. The zero-order valence-corrected chi connectivity index (χ0v) is 24.7. The van der Waals surface area contributed by atoms with Crippen LogP contribution in [0.1, 0.15) is 43.1 Å². The lowest BCUT2D eigenvalue weighted by molar-refractivity contribution is -0.124. The Balaban J connectivity index is 1.37. The van der Waals surface area contributed by atoms with Crippen molar-refractivity contribution >= 4 is 50.5 Å². The van der Waals surface area contributed by atoms with E-state index in [1.807, 2.05) is 0 Å². The lowest BCUT2D eigenvalue weighted by Gasteiger charge is -2.30. The first kappa shape index (κ1) is 27.9. The highest BCUT2D eigenvalue weighted by Crippen LogP contribution is 2.37. The smallest absolute Gasteiger partial charge is 0.274 e. The molecule has 0 radical (unpaired) electrons. The van der Waals surface area contributed by atoms with Gasteiger partial charge in [-0.15, -0.1) is 16.4 Å². The standard InChI is InChI=1S/C25H28Cl2N6O4S2/c1-15(2)31(3)13-16-4-5-18-20(6-9-37-22(18)10-16)32-14-17(29-30-32)11-21-25(34)28-7-8-33(21)39(35,36)23-12-19(26)24(27)38-23/h4-5,7-8,10,12,14-15,20-21H,6,9,11,13H2,1-3H3,(H,28,34). The highest BCUT2D eigenvalue weighted by atomic mass is 35.5. The molecule has 5 rings (SSSR count). The van der Waals surface area contributed by atoms with Gasteiger partial charge >= 0.3 is 0 Å². The first-order valence-corrected chi connectivity index (χ1v) is 15.4. The summed E-state index contributed by atoms with van der Waals surface area (Å²) in [6, 6.07) is 6.79. The van der Waals surface area contributed by atoms with E-state index in [0.29, 0.717) is 24.8 Å². The third kappa shape index (κ3) is 5.66. The summed E-state index contributed by atoms with van der Waals surface area (Å²) in [5.41, 5.74) is 2.65. The summed E-state index contributed by atoms with van der Waals surface area (Å²) < 4.78 is 35.6. The fraction of sp³-hybridized carbons (Fsp3) is 0.400. The monoisotopic (exact) mass is 610 g/mol. The third-order valence-corrected chi connectivity index (χ3v) is 11.0. The molecule has 2 atom stereocenters. The second-order valence-electron chi connectivity index (χ2n) is 9.79. The Morgan fingerprint density at radius 2 is 2.08 bits per heavy atom. The Hall–Kier alpha value is -2.64. The van der Waals surface area contributed by atoms with Gasteiger partial charge in [0.25, 0.3) is 10.0 Å². The van der Waals surface area contributed by atoms with Crippen LogP contribution in [0, 0.1) is 0 Å². The lowest BCUT2D eigenvalue weighted by atomic mass is 9.98. The van der Waals surface area contributed by atoms with Crippen molar-refractivity contribution in [1.29, 1.82) is 0 Å². The van der Waals surface area contributed by atoms with Gasteiger partial charge in [-0.05, 0) is 38.6 Å². The molecule has 0 saturated heterocycles. The highest BCUT2D eigenvalue weighted by Gasteiger charge is 2.37. The fourth-order valence-corrected chi connectivity index (χ4v) is 7.95. The van der Waals surface area contributed by atoms with Gasteiger partial charge in [-0.25, -0.2) is 13.1 Å². The molecule has 10 nitrogen and oxygen atoms in total. The molecule has 4 heterocycles. The number of benzene rings is 1. The molecule has 0 fully saturated rings. The Labute approximate surface area is 241 Å². The van der Waals surface area contributed by atoms with Gasteiger partial charge in [0.2, 0.25) is 5.91 Å². The molecule has 2 aliphatic heterocycles. The maximum absolute atomic E-state index is 13.4. The van der Waals surface area contributed by atoms with E-state index in [1.54, 1.807) is 10.9 Å². The molecular formula is C25H28Cl2N6O4S2. The van der Waals surface area contributed by atoms with E-state index in [1.165, 1.54) is 18.5 Å². The maximum atomic E-state index is 13.4. The van der Waals surface area contributed by atoms with Crippen LogP contribution in [0.25, 0.3) is 0 Å². The van der Waals surface area contributed by atoms with Crippen molar-refractivity contribution in [2.45, 2.75) is 55.6 Å². The molecule has 1 N–H and O–H groups in total. The summed E-state index contributed by atoms with van der Waals surface area (Å²) in [6.45, 7) is 5.66. The van der Waals surface area contributed by atoms with Gasteiger partial charge in [-0.2, -0.15) is 0 Å². The molecule has 0 spiro atoms. The summed E-state index contributed by atoms with van der Waals surface area (Å²) in [5, 5.41) is 11.3. The number of carbonyl (C=O) groups excluding carboxylic acids is 1. The maximum Gasteiger partial charge on any atom is 0.274 e. The summed E-state index contributed by atoms with van der Waals surface area (Å²) in [6.07, 6.45) is 5.09. The van der Waals surface area contributed by atoms with Gasteiger partial charge in [-0.3, -0.25) is 14.0 Å². The van der Waals surface area contributed by atoms with Crippen molar-refractivity contribution in [2.75, 3.05) is 13.7 Å². The van der Waals surface area contributed by atoms with E-state index in [9.17, 15) is 13.2 Å². The van der Waals surface area contributed by atoms with Gasteiger partial charge in [0.15, 0.2) is 0 Å². The topological polar surface area (TPSA) is 110 Å². The number of hydrogen-bond donors (Lipinski definition) is 1. The number of nitrogens with one attached hydrogen (secondary N) is 1. The average Bonchev–Trinajstić information content (AvgIpc) is 3.51. The molecule has 0 saturated carbocycles. The zero-order chi connectivity index (χ0) is 27.9. The van der Waals surface area contributed by atoms with Crippen molar-refractivity contribution < 1.29 is 17.9 Å².